The summed E-state index contributed by atoms with van der Waals surface area (Å²) in [5.74, 6) is 1.80. The number of ether oxygens (including phenoxy) is 1. The van der Waals surface area contributed by atoms with Crippen molar-refractivity contribution in [2.24, 2.45) is 0 Å². The lowest BCUT2D eigenvalue weighted by atomic mass is 10.1. The molecule has 0 aromatic heterocycles. The lowest BCUT2D eigenvalue weighted by Crippen LogP contribution is -1.89. The number of rotatable bonds is 4. The van der Waals surface area contributed by atoms with Crippen LogP contribution in [0.2, 0.25) is 0 Å². The monoisotopic (exact) mass is 304 g/mol. The molecule has 0 spiro atoms. The lowest BCUT2D eigenvalue weighted by Gasteiger charge is -2.09. The third kappa shape index (κ3) is 3.14. The number of aryl methyl sites for hydroxylation is 2. The van der Waals surface area contributed by atoms with Crippen LogP contribution < -0.4 is 4.74 Å². The van der Waals surface area contributed by atoms with E-state index in [0.29, 0.717) is 0 Å². The summed E-state index contributed by atoms with van der Waals surface area (Å²) in [5, 5.41) is 0.879. The van der Waals surface area contributed by atoms with E-state index < -0.39 is 0 Å². The van der Waals surface area contributed by atoms with E-state index in [0.717, 1.165) is 23.2 Å². The highest BCUT2D eigenvalue weighted by Crippen LogP contribution is 2.25. The molecule has 0 unspecified atom stereocenters. The molecule has 0 heterocycles. The maximum Gasteiger partial charge on any atom is 0.127 e. The Morgan fingerprint density at radius 3 is 2.50 bits per heavy atom. The molecule has 2 rings (SSSR count). The Hall–Kier alpha value is -1.28. The van der Waals surface area contributed by atoms with Gasteiger partial charge >= 0.3 is 0 Å². The van der Waals surface area contributed by atoms with Gasteiger partial charge in [-0.3, -0.25) is 0 Å². The van der Waals surface area contributed by atoms with E-state index in [9.17, 15) is 0 Å². The van der Waals surface area contributed by atoms with Crippen LogP contribution >= 0.6 is 15.9 Å². The first-order valence-electron chi connectivity index (χ1n) is 6.15. The number of hydrogen-bond donors (Lipinski definition) is 0. The highest BCUT2D eigenvalue weighted by molar-refractivity contribution is 9.08. The predicted octanol–water partition coefficient (Wildman–Crippen LogP) is 5.24. The molecule has 0 saturated heterocycles. The van der Waals surface area contributed by atoms with Crippen molar-refractivity contribution < 1.29 is 4.74 Å². The van der Waals surface area contributed by atoms with Crippen LogP contribution in [0.5, 0.6) is 11.5 Å². The second-order valence-corrected chi connectivity index (χ2v) is 4.89. The molecule has 0 saturated carbocycles. The third-order valence-electron chi connectivity index (χ3n) is 3.00. The van der Waals surface area contributed by atoms with Crippen molar-refractivity contribution in [2.45, 2.75) is 25.6 Å². The molecule has 2 aromatic carbocycles. The maximum atomic E-state index is 5.89. The van der Waals surface area contributed by atoms with Crippen LogP contribution in [-0.4, -0.2) is 0 Å². The molecule has 0 amide bonds. The smallest absolute Gasteiger partial charge is 0.127 e. The van der Waals surface area contributed by atoms with E-state index in [1.54, 1.807) is 0 Å². The summed E-state index contributed by atoms with van der Waals surface area (Å²) in [7, 11) is 0. The fourth-order valence-electron chi connectivity index (χ4n) is 1.85. The summed E-state index contributed by atoms with van der Waals surface area (Å²) < 4.78 is 5.89. The van der Waals surface area contributed by atoms with Crippen LogP contribution in [0.1, 0.15) is 23.6 Å². The van der Waals surface area contributed by atoms with Gasteiger partial charge in [-0.1, -0.05) is 41.1 Å². The molecule has 0 N–H and O–H groups in total. The Morgan fingerprint density at radius 2 is 1.83 bits per heavy atom. The van der Waals surface area contributed by atoms with E-state index >= 15 is 0 Å². The minimum atomic E-state index is 0.879. The fraction of sp³-hybridized carbons (Fsp3) is 0.250. The zero-order valence-corrected chi connectivity index (χ0v) is 12.3. The Bertz CT molecular complexity index is 534. The van der Waals surface area contributed by atoms with Crippen LogP contribution in [0.15, 0.2) is 42.5 Å². The van der Waals surface area contributed by atoms with Gasteiger partial charge in [0.05, 0.1) is 0 Å². The molecule has 0 radical (unpaired) electrons. The Balaban J connectivity index is 2.20. The molecular formula is C16H17BrO. The summed E-state index contributed by atoms with van der Waals surface area (Å²) in [5.41, 5.74) is 3.84. The van der Waals surface area contributed by atoms with Crippen LogP contribution in [0.4, 0.5) is 0 Å². The van der Waals surface area contributed by atoms with Gasteiger partial charge in [-0.2, -0.15) is 0 Å². The number of halogens is 1. The Kier molecular flexibility index (Phi) is 4.43. The Labute approximate surface area is 117 Å². The van der Waals surface area contributed by atoms with Gasteiger partial charge in [0.15, 0.2) is 0 Å². The summed E-state index contributed by atoms with van der Waals surface area (Å²) in [4.78, 5) is 0. The number of alkyl halides is 1. The highest BCUT2D eigenvalue weighted by Gasteiger charge is 2.02. The van der Waals surface area contributed by atoms with Gasteiger partial charge in [-0.15, -0.1) is 0 Å². The van der Waals surface area contributed by atoms with E-state index in [4.69, 9.17) is 4.74 Å². The van der Waals surface area contributed by atoms with Crippen LogP contribution in [-0.2, 0) is 11.8 Å². The van der Waals surface area contributed by atoms with Gasteiger partial charge in [-0.25, -0.2) is 0 Å². The molecule has 2 heteroatoms. The maximum absolute atomic E-state index is 5.89. The first-order valence-corrected chi connectivity index (χ1v) is 7.27. The minimum absolute atomic E-state index is 0.879. The molecule has 0 aliphatic heterocycles. The lowest BCUT2D eigenvalue weighted by molar-refractivity contribution is 0.481. The molecule has 18 heavy (non-hydrogen) atoms. The van der Waals surface area contributed by atoms with E-state index in [1.165, 1.54) is 16.7 Å². The predicted molar refractivity (Wildman–Crippen MR) is 79.7 cm³/mol. The molecule has 2 aromatic rings. The second kappa shape index (κ2) is 6.05. The molecule has 0 aliphatic rings. The SMILES string of the molecule is CCc1cccc(Oc2ccc(CBr)c(C)c2)c1. The average Bonchev–Trinajstić information content (AvgIpc) is 2.39. The van der Waals surface area contributed by atoms with Crippen molar-refractivity contribution in [3.63, 3.8) is 0 Å². The molecular weight excluding hydrogens is 288 g/mol. The van der Waals surface area contributed by atoms with Gasteiger partial charge in [0.25, 0.3) is 0 Å². The summed E-state index contributed by atoms with van der Waals surface area (Å²) in [6.45, 7) is 4.25. The standard InChI is InChI=1S/C16H17BrO/c1-3-13-5-4-6-15(10-13)18-16-8-7-14(11-17)12(2)9-16/h4-10H,3,11H2,1-2H3. The molecule has 1 nitrogen and oxygen atoms in total. The van der Waals surface area contributed by atoms with Gasteiger partial charge in [0.2, 0.25) is 0 Å². The summed E-state index contributed by atoms with van der Waals surface area (Å²) in [6, 6.07) is 14.4. The minimum Gasteiger partial charge on any atom is -0.457 e. The quantitative estimate of drug-likeness (QED) is 0.701. The summed E-state index contributed by atoms with van der Waals surface area (Å²) in [6.07, 6.45) is 1.03. The van der Waals surface area contributed by atoms with Crippen molar-refractivity contribution in [3.05, 3.63) is 59.2 Å². The first-order chi connectivity index (χ1) is 8.72. The molecule has 0 bridgehead atoms. The third-order valence-corrected chi connectivity index (χ3v) is 3.60. The number of hydrogen-bond acceptors (Lipinski definition) is 1. The van der Waals surface area contributed by atoms with Crippen LogP contribution in [0, 0.1) is 6.92 Å². The van der Waals surface area contributed by atoms with Gasteiger partial charge < -0.3 is 4.74 Å². The fourth-order valence-corrected chi connectivity index (χ4v) is 2.48. The van der Waals surface area contributed by atoms with E-state index in [2.05, 4.69) is 54.0 Å². The summed E-state index contributed by atoms with van der Waals surface area (Å²) >= 11 is 3.48. The van der Waals surface area contributed by atoms with Crippen molar-refractivity contribution in [1.29, 1.82) is 0 Å². The van der Waals surface area contributed by atoms with Crippen molar-refractivity contribution in [1.82, 2.24) is 0 Å². The second-order valence-electron chi connectivity index (χ2n) is 4.32. The van der Waals surface area contributed by atoms with Gasteiger partial charge in [0.1, 0.15) is 11.5 Å². The largest absolute Gasteiger partial charge is 0.457 e. The van der Waals surface area contributed by atoms with E-state index in [1.807, 2.05) is 18.2 Å². The average molecular weight is 305 g/mol. The van der Waals surface area contributed by atoms with Crippen LogP contribution in [0.25, 0.3) is 0 Å². The normalized spacial score (nSPS) is 10.4. The molecule has 0 fully saturated rings. The number of benzene rings is 2. The van der Waals surface area contributed by atoms with Gasteiger partial charge in [0, 0.05) is 5.33 Å². The zero-order chi connectivity index (χ0) is 13.0. The van der Waals surface area contributed by atoms with Crippen molar-refractivity contribution in [2.75, 3.05) is 0 Å². The Morgan fingerprint density at radius 1 is 1.06 bits per heavy atom. The van der Waals surface area contributed by atoms with Crippen LogP contribution in [0.3, 0.4) is 0 Å². The van der Waals surface area contributed by atoms with Crippen molar-refractivity contribution in [3.8, 4) is 11.5 Å². The first kappa shape index (κ1) is 13.2. The van der Waals surface area contributed by atoms with E-state index in [-0.39, 0.29) is 0 Å². The molecule has 0 atom stereocenters. The highest BCUT2D eigenvalue weighted by atomic mass is 79.9. The van der Waals surface area contributed by atoms with Crippen molar-refractivity contribution >= 4 is 15.9 Å². The zero-order valence-electron chi connectivity index (χ0n) is 10.7. The molecule has 94 valence electrons. The molecule has 0 aliphatic carbocycles. The van der Waals surface area contributed by atoms with Gasteiger partial charge in [-0.05, 0) is 54.3 Å². The topological polar surface area (TPSA) is 9.23 Å².